The highest BCUT2D eigenvalue weighted by atomic mass is 16.6. The molecule has 7 nitrogen and oxygen atoms in total. The summed E-state index contributed by atoms with van der Waals surface area (Å²) in [7, 11) is 1.38. The standard InChI is InChI=1S/C12H17N3O4/c1-12(2,7-13)11(16)14-9-5-4-8(15(17)18)6-10(9)19-3/h4-6H,7,13H2,1-3H3,(H,14,16). The molecule has 19 heavy (non-hydrogen) atoms. The molecule has 1 aromatic carbocycles. The predicted octanol–water partition coefficient (Wildman–Crippen LogP) is 1.53. The zero-order chi connectivity index (χ0) is 14.6. The number of rotatable bonds is 5. The zero-order valence-electron chi connectivity index (χ0n) is 11.1. The van der Waals surface area contributed by atoms with Gasteiger partial charge in [-0.1, -0.05) is 0 Å². The van der Waals surface area contributed by atoms with Crippen LogP contribution in [0.25, 0.3) is 0 Å². The second-order valence-corrected chi connectivity index (χ2v) is 4.68. The average molecular weight is 267 g/mol. The lowest BCUT2D eigenvalue weighted by atomic mass is 9.92. The quantitative estimate of drug-likeness (QED) is 0.621. The van der Waals surface area contributed by atoms with Crippen LogP contribution in [0.3, 0.4) is 0 Å². The lowest BCUT2D eigenvalue weighted by molar-refractivity contribution is -0.384. The third kappa shape index (κ3) is 3.41. The average Bonchev–Trinajstić information content (AvgIpc) is 2.38. The minimum absolute atomic E-state index is 0.104. The number of carbonyl (C=O) groups excluding carboxylic acids is 1. The first-order chi connectivity index (χ1) is 8.81. The highest BCUT2D eigenvalue weighted by molar-refractivity contribution is 5.96. The van der Waals surface area contributed by atoms with Crippen molar-refractivity contribution in [1.82, 2.24) is 0 Å². The van der Waals surface area contributed by atoms with Crippen molar-refractivity contribution in [3.8, 4) is 5.75 Å². The normalized spacial score (nSPS) is 10.9. The molecule has 1 aromatic rings. The van der Waals surface area contributed by atoms with E-state index in [1.807, 2.05) is 0 Å². The summed E-state index contributed by atoms with van der Waals surface area (Å²) in [5.41, 5.74) is 5.06. The van der Waals surface area contributed by atoms with E-state index in [1.54, 1.807) is 13.8 Å². The second-order valence-electron chi connectivity index (χ2n) is 4.68. The summed E-state index contributed by atoms with van der Waals surface area (Å²) >= 11 is 0. The fraction of sp³-hybridized carbons (Fsp3) is 0.417. The Hall–Kier alpha value is -2.15. The van der Waals surface area contributed by atoms with E-state index in [9.17, 15) is 14.9 Å². The van der Waals surface area contributed by atoms with Crippen molar-refractivity contribution in [1.29, 1.82) is 0 Å². The fourth-order valence-electron chi connectivity index (χ4n) is 1.28. The van der Waals surface area contributed by atoms with Crippen LogP contribution in [0.1, 0.15) is 13.8 Å². The molecule has 0 unspecified atom stereocenters. The number of methoxy groups -OCH3 is 1. The third-order valence-electron chi connectivity index (χ3n) is 2.77. The second kappa shape index (κ2) is 5.66. The van der Waals surface area contributed by atoms with Crippen molar-refractivity contribution in [2.45, 2.75) is 13.8 Å². The summed E-state index contributed by atoms with van der Waals surface area (Å²) in [5.74, 6) is -0.0440. The molecule has 0 aromatic heterocycles. The van der Waals surface area contributed by atoms with Gasteiger partial charge >= 0.3 is 0 Å². The minimum atomic E-state index is -0.729. The molecule has 0 heterocycles. The lowest BCUT2D eigenvalue weighted by Gasteiger charge is -2.21. The Morgan fingerprint density at radius 1 is 1.53 bits per heavy atom. The van der Waals surface area contributed by atoms with E-state index in [-0.39, 0.29) is 23.9 Å². The van der Waals surface area contributed by atoms with E-state index < -0.39 is 10.3 Å². The Kier molecular flexibility index (Phi) is 4.44. The first kappa shape index (κ1) is 14.9. The third-order valence-corrected chi connectivity index (χ3v) is 2.77. The van der Waals surface area contributed by atoms with Crippen LogP contribution in [0.15, 0.2) is 18.2 Å². The molecule has 104 valence electrons. The van der Waals surface area contributed by atoms with Gasteiger partial charge in [0, 0.05) is 12.6 Å². The van der Waals surface area contributed by atoms with Crippen molar-refractivity contribution in [2.24, 2.45) is 11.1 Å². The molecule has 7 heteroatoms. The number of nitro benzene ring substituents is 1. The van der Waals surface area contributed by atoms with Gasteiger partial charge in [-0.2, -0.15) is 0 Å². The summed E-state index contributed by atoms with van der Waals surface area (Å²) in [6.07, 6.45) is 0. The molecule has 1 rings (SSSR count). The highest BCUT2D eigenvalue weighted by Gasteiger charge is 2.26. The first-order valence-electron chi connectivity index (χ1n) is 5.66. The molecular formula is C12H17N3O4. The van der Waals surface area contributed by atoms with Crippen molar-refractivity contribution in [3.05, 3.63) is 28.3 Å². The van der Waals surface area contributed by atoms with Gasteiger partial charge in [0.1, 0.15) is 5.75 Å². The maximum atomic E-state index is 12.0. The molecule has 0 aliphatic carbocycles. The smallest absolute Gasteiger partial charge is 0.273 e. The van der Waals surface area contributed by atoms with Gasteiger partial charge in [0.25, 0.3) is 5.69 Å². The van der Waals surface area contributed by atoms with Crippen LogP contribution in [-0.4, -0.2) is 24.5 Å². The van der Waals surface area contributed by atoms with Crippen molar-refractivity contribution in [2.75, 3.05) is 19.0 Å². The number of nitro groups is 1. The van der Waals surface area contributed by atoms with Crippen LogP contribution in [0, 0.1) is 15.5 Å². The van der Waals surface area contributed by atoms with Crippen molar-refractivity contribution >= 4 is 17.3 Å². The number of anilines is 1. The van der Waals surface area contributed by atoms with Crippen molar-refractivity contribution in [3.63, 3.8) is 0 Å². The Morgan fingerprint density at radius 2 is 2.16 bits per heavy atom. The molecule has 0 aliphatic heterocycles. The molecule has 0 radical (unpaired) electrons. The number of nitrogens with one attached hydrogen (secondary N) is 1. The van der Waals surface area contributed by atoms with Gasteiger partial charge in [-0.25, -0.2) is 0 Å². The molecule has 3 N–H and O–H groups in total. The molecule has 0 saturated carbocycles. The van der Waals surface area contributed by atoms with Crippen LogP contribution < -0.4 is 15.8 Å². The van der Waals surface area contributed by atoms with Gasteiger partial charge in [0.2, 0.25) is 5.91 Å². The van der Waals surface area contributed by atoms with Crippen molar-refractivity contribution < 1.29 is 14.5 Å². The van der Waals surface area contributed by atoms with Gasteiger partial charge in [-0.05, 0) is 19.9 Å². The topological polar surface area (TPSA) is 107 Å². The number of ether oxygens (including phenoxy) is 1. The molecule has 0 aliphatic rings. The SMILES string of the molecule is COc1cc([N+](=O)[O-])ccc1NC(=O)C(C)(C)CN. The number of nitrogens with zero attached hydrogens (tertiary/aromatic N) is 1. The summed E-state index contributed by atoms with van der Waals surface area (Å²) in [6.45, 7) is 3.61. The molecule has 1 amide bonds. The molecule has 0 fully saturated rings. The van der Waals surface area contributed by atoms with E-state index in [0.717, 1.165) is 0 Å². The van der Waals surface area contributed by atoms with Crippen LogP contribution in [-0.2, 0) is 4.79 Å². The van der Waals surface area contributed by atoms with Crippen LogP contribution in [0.4, 0.5) is 11.4 Å². The van der Waals surface area contributed by atoms with Gasteiger partial charge in [0.05, 0.1) is 29.2 Å². The molecule has 0 spiro atoms. The van der Waals surface area contributed by atoms with E-state index in [2.05, 4.69) is 5.32 Å². The van der Waals surface area contributed by atoms with E-state index in [4.69, 9.17) is 10.5 Å². The zero-order valence-corrected chi connectivity index (χ0v) is 11.1. The van der Waals surface area contributed by atoms with Gasteiger partial charge < -0.3 is 15.8 Å². The van der Waals surface area contributed by atoms with Crippen LogP contribution in [0.2, 0.25) is 0 Å². The fourth-order valence-corrected chi connectivity index (χ4v) is 1.28. The van der Waals surface area contributed by atoms with E-state index in [0.29, 0.717) is 5.69 Å². The van der Waals surface area contributed by atoms with Gasteiger partial charge in [0.15, 0.2) is 0 Å². The number of hydrogen-bond donors (Lipinski definition) is 2. The Bertz CT molecular complexity index is 500. The predicted molar refractivity (Wildman–Crippen MR) is 71.1 cm³/mol. The lowest BCUT2D eigenvalue weighted by Crippen LogP contribution is -2.37. The highest BCUT2D eigenvalue weighted by Crippen LogP contribution is 2.30. The Labute approximate surface area is 110 Å². The number of hydrogen-bond acceptors (Lipinski definition) is 5. The number of nitrogens with two attached hydrogens (primary N) is 1. The maximum absolute atomic E-state index is 12.0. The van der Waals surface area contributed by atoms with E-state index >= 15 is 0 Å². The van der Waals surface area contributed by atoms with Crippen LogP contribution in [0.5, 0.6) is 5.75 Å². The number of carbonyl (C=O) groups is 1. The van der Waals surface area contributed by atoms with Gasteiger partial charge in [-0.3, -0.25) is 14.9 Å². The number of amides is 1. The molecule has 0 bridgehead atoms. The molecule has 0 saturated heterocycles. The molecular weight excluding hydrogens is 250 g/mol. The number of non-ortho nitro benzene ring substituents is 1. The Morgan fingerprint density at radius 3 is 2.63 bits per heavy atom. The largest absolute Gasteiger partial charge is 0.494 e. The Balaban J connectivity index is 3.02. The van der Waals surface area contributed by atoms with Gasteiger partial charge in [-0.15, -0.1) is 0 Å². The summed E-state index contributed by atoms with van der Waals surface area (Å²) in [4.78, 5) is 22.1. The summed E-state index contributed by atoms with van der Waals surface area (Å²) in [5, 5.41) is 13.3. The molecule has 0 atom stereocenters. The minimum Gasteiger partial charge on any atom is -0.494 e. The van der Waals surface area contributed by atoms with E-state index in [1.165, 1.54) is 25.3 Å². The summed E-state index contributed by atoms with van der Waals surface area (Å²) < 4.78 is 5.03. The first-order valence-corrected chi connectivity index (χ1v) is 5.66. The maximum Gasteiger partial charge on any atom is 0.273 e. The summed E-state index contributed by atoms with van der Waals surface area (Å²) in [6, 6.07) is 3.99. The van der Waals surface area contributed by atoms with Crippen LogP contribution >= 0.6 is 0 Å². The number of benzene rings is 1. The monoisotopic (exact) mass is 267 g/mol.